The topological polar surface area (TPSA) is 30.5 Å². The van der Waals surface area contributed by atoms with Crippen molar-refractivity contribution in [2.75, 3.05) is 20.8 Å². The summed E-state index contributed by atoms with van der Waals surface area (Å²) >= 11 is 0. The predicted octanol–water partition coefficient (Wildman–Crippen LogP) is 2.78. The van der Waals surface area contributed by atoms with E-state index in [1.54, 1.807) is 7.11 Å². The van der Waals surface area contributed by atoms with E-state index in [9.17, 15) is 0 Å². The standard InChI is InChI=1S/C16H25NO2/c1-4-17-15(16(19-3)10-7-11-16)12-13-8-5-6-9-14(13)18-2/h5-6,8-9,15,17H,4,7,10-12H2,1-3H3. The Hall–Kier alpha value is -1.06. The Balaban J connectivity index is 2.16. The molecule has 1 fully saturated rings. The van der Waals surface area contributed by atoms with E-state index in [0.717, 1.165) is 31.6 Å². The van der Waals surface area contributed by atoms with E-state index in [1.807, 2.05) is 19.2 Å². The van der Waals surface area contributed by atoms with Crippen molar-refractivity contribution in [1.82, 2.24) is 5.32 Å². The van der Waals surface area contributed by atoms with Gasteiger partial charge in [0.1, 0.15) is 5.75 Å². The second-order valence-corrected chi connectivity index (χ2v) is 5.25. The highest BCUT2D eigenvalue weighted by molar-refractivity contribution is 5.34. The van der Waals surface area contributed by atoms with Crippen molar-refractivity contribution in [3.63, 3.8) is 0 Å². The summed E-state index contributed by atoms with van der Waals surface area (Å²) < 4.78 is 11.3. The minimum atomic E-state index is 0.0108. The van der Waals surface area contributed by atoms with Gasteiger partial charge < -0.3 is 14.8 Å². The predicted molar refractivity (Wildman–Crippen MR) is 77.8 cm³/mol. The van der Waals surface area contributed by atoms with Crippen LogP contribution in [0.1, 0.15) is 31.7 Å². The number of hydrogen-bond donors (Lipinski definition) is 1. The Morgan fingerprint density at radius 2 is 2.00 bits per heavy atom. The molecule has 3 nitrogen and oxygen atoms in total. The first-order valence-corrected chi connectivity index (χ1v) is 7.16. The highest BCUT2D eigenvalue weighted by Crippen LogP contribution is 2.39. The maximum absolute atomic E-state index is 5.83. The van der Waals surface area contributed by atoms with Crippen LogP contribution in [0.3, 0.4) is 0 Å². The molecule has 0 radical (unpaired) electrons. The first kappa shape index (κ1) is 14.4. The molecular weight excluding hydrogens is 238 g/mol. The quantitative estimate of drug-likeness (QED) is 0.820. The van der Waals surface area contributed by atoms with Crippen molar-refractivity contribution >= 4 is 0 Å². The first-order chi connectivity index (χ1) is 9.25. The highest BCUT2D eigenvalue weighted by Gasteiger charge is 2.44. The van der Waals surface area contributed by atoms with Gasteiger partial charge in [0.2, 0.25) is 0 Å². The fourth-order valence-electron chi connectivity index (χ4n) is 3.00. The summed E-state index contributed by atoms with van der Waals surface area (Å²) in [6.45, 7) is 3.11. The van der Waals surface area contributed by atoms with Gasteiger partial charge in [-0.25, -0.2) is 0 Å². The molecule has 2 rings (SSSR count). The van der Waals surface area contributed by atoms with Crippen LogP contribution >= 0.6 is 0 Å². The number of likely N-dealkylation sites (N-methyl/N-ethyl adjacent to an activating group) is 1. The van der Waals surface area contributed by atoms with E-state index in [4.69, 9.17) is 9.47 Å². The molecule has 1 unspecified atom stereocenters. The molecule has 0 aromatic heterocycles. The molecular formula is C16H25NO2. The van der Waals surface area contributed by atoms with Crippen LogP contribution in [-0.2, 0) is 11.2 Å². The zero-order valence-electron chi connectivity index (χ0n) is 12.2. The molecule has 0 aliphatic heterocycles. The maximum Gasteiger partial charge on any atom is 0.122 e. The molecule has 1 atom stereocenters. The number of rotatable bonds is 7. The largest absolute Gasteiger partial charge is 0.496 e. The molecule has 0 bridgehead atoms. The minimum Gasteiger partial charge on any atom is -0.496 e. The third kappa shape index (κ3) is 2.93. The van der Waals surface area contributed by atoms with Crippen molar-refractivity contribution in [3.8, 4) is 5.75 Å². The zero-order valence-corrected chi connectivity index (χ0v) is 12.2. The minimum absolute atomic E-state index is 0.0108. The molecule has 1 saturated carbocycles. The van der Waals surface area contributed by atoms with E-state index >= 15 is 0 Å². The van der Waals surface area contributed by atoms with Crippen LogP contribution in [0.2, 0.25) is 0 Å². The summed E-state index contributed by atoms with van der Waals surface area (Å²) in [5.41, 5.74) is 1.26. The second kappa shape index (κ2) is 6.40. The van der Waals surface area contributed by atoms with Gasteiger partial charge >= 0.3 is 0 Å². The Morgan fingerprint density at radius 1 is 1.26 bits per heavy atom. The van der Waals surface area contributed by atoms with Gasteiger partial charge in [0.15, 0.2) is 0 Å². The summed E-state index contributed by atoms with van der Waals surface area (Å²) in [7, 11) is 3.57. The van der Waals surface area contributed by atoms with Gasteiger partial charge in [0.25, 0.3) is 0 Å². The summed E-state index contributed by atoms with van der Waals surface area (Å²) in [5, 5.41) is 3.60. The molecule has 3 heteroatoms. The zero-order chi connectivity index (χ0) is 13.7. The maximum atomic E-state index is 5.83. The Labute approximate surface area is 116 Å². The van der Waals surface area contributed by atoms with E-state index in [0.29, 0.717) is 6.04 Å². The van der Waals surface area contributed by atoms with Crippen LogP contribution in [0.15, 0.2) is 24.3 Å². The molecule has 0 heterocycles. The van der Waals surface area contributed by atoms with Gasteiger partial charge in [-0.1, -0.05) is 25.1 Å². The average molecular weight is 263 g/mol. The molecule has 106 valence electrons. The fraction of sp³-hybridized carbons (Fsp3) is 0.625. The van der Waals surface area contributed by atoms with Crippen LogP contribution in [0, 0.1) is 0 Å². The van der Waals surface area contributed by atoms with Gasteiger partial charge in [-0.05, 0) is 43.9 Å². The molecule has 19 heavy (non-hydrogen) atoms. The van der Waals surface area contributed by atoms with Crippen molar-refractivity contribution < 1.29 is 9.47 Å². The van der Waals surface area contributed by atoms with Gasteiger partial charge in [0.05, 0.1) is 12.7 Å². The molecule has 1 aliphatic carbocycles. The molecule has 1 N–H and O–H groups in total. The molecule has 0 saturated heterocycles. The molecule has 1 aromatic carbocycles. The van der Waals surface area contributed by atoms with Crippen LogP contribution in [0.4, 0.5) is 0 Å². The van der Waals surface area contributed by atoms with Gasteiger partial charge in [-0.15, -0.1) is 0 Å². The number of hydrogen-bond acceptors (Lipinski definition) is 3. The molecule has 0 spiro atoms. The van der Waals surface area contributed by atoms with Crippen LogP contribution in [0.25, 0.3) is 0 Å². The van der Waals surface area contributed by atoms with Gasteiger partial charge in [-0.3, -0.25) is 0 Å². The fourth-order valence-corrected chi connectivity index (χ4v) is 3.00. The van der Waals surface area contributed by atoms with E-state index in [-0.39, 0.29) is 5.60 Å². The van der Waals surface area contributed by atoms with E-state index in [1.165, 1.54) is 12.0 Å². The molecule has 1 aromatic rings. The number of para-hydroxylation sites is 1. The lowest BCUT2D eigenvalue weighted by Gasteiger charge is -2.47. The van der Waals surface area contributed by atoms with Crippen molar-refractivity contribution in [2.24, 2.45) is 0 Å². The summed E-state index contributed by atoms with van der Waals surface area (Å²) in [6.07, 6.45) is 4.51. The van der Waals surface area contributed by atoms with Crippen LogP contribution in [0.5, 0.6) is 5.75 Å². The summed E-state index contributed by atoms with van der Waals surface area (Å²) in [6, 6.07) is 8.61. The smallest absolute Gasteiger partial charge is 0.122 e. The number of nitrogens with one attached hydrogen (secondary N) is 1. The number of methoxy groups -OCH3 is 2. The van der Waals surface area contributed by atoms with Gasteiger partial charge in [-0.2, -0.15) is 0 Å². The van der Waals surface area contributed by atoms with Crippen LogP contribution < -0.4 is 10.1 Å². The lowest BCUT2D eigenvalue weighted by Crippen LogP contribution is -2.57. The summed E-state index contributed by atoms with van der Waals surface area (Å²) in [5.74, 6) is 0.968. The van der Waals surface area contributed by atoms with Crippen LogP contribution in [-0.4, -0.2) is 32.4 Å². The van der Waals surface area contributed by atoms with Crippen molar-refractivity contribution in [1.29, 1.82) is 0 Å². The number of ether oxygens (including phenoxy) is 2. The Morgan fingerprint density at radius 3 is 2.53 bits per heavy atom. The lowest BCUT2D eigenvalue weighted by molar-refractivity contribution is -0.0978. The van der Waals surface area contributed by atoms with Crippen molar-refractivity contribution in [3.05, 3.63) is 29.8 Å². The highest BCUT2D eigenvalue weighted by atomic mass is 16.5. The van der Waals surface area contributed by atoms with Crippen molar-refractivity contribution in [2.45, 2.75) is 44.2 Å². The molecule has 0 amide bonds. The molecule has 1 aliphatic rings. The Kier molecular flexibility index (Phi) is 4.83. The third-order valence-electron chi connectivity index (χ3n) is 4.31. The number of benzene rings is 1. The first-order valence-electron chi connectivity index (χ1n) is 7.16. The van der Waals surface area contributed by atoms with Gasteiger partial charge in [0, 0.05) is 13.2 Å². The SMILES string of the molecule is CCNC(Cc1ccccc1OC)C1(OC)CCC1. The Bertz CT molecular complexity index is 396. The lowest BCUT2D eigenvalue weighted by atomic mass is 9.72. The third-order valence-corrected chi connectivity index (χ3v) is 4.31. The average Bonchev–Trinajstić information content (AvgIpc) is 2.39. The summed E-state index contributed by atoms with van der Waals surface area (Å²) in [4.78, 5) is 0. The monoisotopic (exact) mass is 263 g/mol. The second-order valence-electron chi connectivity index (χ2n) is 5.25. The van der Waals surface area contributed by atoms with E-state index in [2.05, 4.69) is 24.4 Å². The normalized spacial score (nSPS) is 18.7. The van der Waals surface area contributed by atoms with E-state index < -0.39 is 0 Å².